The summed E-state index contributed by atoms with van der Waals surface area (Å²) in [6.45, 7) is 8.23. The van der Waals surface area contributed by atoms with Gasteiger partial charge in [0.15, 0.2) is 11.6 Å². The largest absolute Gasteiger partial charge is 0.489 e. The zero-order valence-electron chi connectivity index (χ0n) is 19.4. The number of fused-ring (bicyclic) bond motifs is 1. The molecule has 6 nitrogen and oxygen atoms in total. The van der Waals surface area contributed by atoms with E-state index in [4.69, 9.17) is 9.47 Å². The van der Waals surface area contributed by atoms with E-state index in [1.807, 2.05) is 13.1 Å². The van der Waals surface area contributed by atoms with Crippen LogP contribution in [-0.2, 0) is 16.0 Å². The lowest BCUT2D eigenvalue weighted by Crippen LogP contribution is -2.47. The highest BCUT2D eigenvalue weighted by molar-refractivity contribution is 5.79. The minimum atomic E-state index is 0.0513. The van der Waals surface area contributed by atoms with Gasteiger partial charge in [-0.2, -0.15) is 0 Å². The van der Waals surface area contributed by atoms with E-state index in [0.717, 1.165) is 63.1 Å². The van der Waals surface area contributed by atoms with Crippen LogP contribution in [-0.4, -0.2) is 68.2 Å². The smallest absolute Gasteiger partial charge is 0.171 e. The second-order valence-corrected chi connectivity index (χ2v) is 9.72. The van der Waals surface area contributed by atoms with Gasteiger partial charge >= 0.3 is 0 Å². The Labute approximate surface area is 187 Å². The van der Waals surface area contributed by atoms with Crippen LogP contribution in [0.1, 0.15) is 57.4 Å². The molecule has 0 N–H and O–H groups in total. The summed E-state index contributed by atoms with van der Waals surface area (Å²) >= 11 is 0. The van der Waals surface area contributed by atoms with E-state index in [0.29, 0.717) is 18.1 Å². The van der Waals surface area contributed by atoms with Gasteiger partial charge < -0.3 is 14.4 Å². The summed E-state index contributed by atoms with van der Waals surface area (Å²) in [7, 11) is 1.68. The van der Waals surface area contributed by atoms with E-state index < -0.39 is 0 Å². The van der Waals surface area contributed by atoms with E-state index >= 15 is 0 Å². The number of hydrogen-bond acceptors (Lipinski definition) is 6. The van der Waals surface area contributed by atoms with Crippen molar-refractivity contribution in [1.29, 1.82) is 0 Å². The van der Waals surface area contributed by atoms with E-state index in [1.54, 1.807) is 7.11 Å². The predicted molar refractivity (Wildman–Crippen MR) is 123 cm³/mol. The normalized spacial score (nSPS) is 25.2. The van der Waals surface area contributed by atoms with Crippen molar-refractivity contribution in [3.05, 3.63) is 17.8 Å². The van der Waals surface area contributed by atoms with Crippen LogP contribution in [0.15, 0.2) is 12.3 Å². The van der Waals surface area contributed by atoms with Crippen molar-refractivity contribution in [1.82, 2.24) is 9.88 Å². The van der Waals surface area contributed by atoms with Crippen LogP contribution in [0.4, 0.5) is 5.82 Å². The molecule has 172 valence electrons. The molecular weight excluding hydrogens is 390 g/mol. The van der Waals surface area contributed by atoms with Crippen LogP contribution in [0.2, 0.25) is 0 Å². The maximum Gasteiger partial charge on any atom is 0.171 e. The Morgan fingerprint density at radius 3 is 2.68 bits per heavy atom. The third-order valence-corrected chi connectivity index (χ3v) is 7.51. The quantitative estimate of drug-likeness (QED) is 0.596. The molecule has 1 saturated heterocycles. The van der Waals surface area contributed by atoms with Gasteiger partial charge in [-0.1, -0.05) is 12.8 Å². The van der Waals surface area contributed by atoms with Crippen molar-refractivity contribution in [2.45, 2.75) is 64.4 Å². The lowest BCUT2D eigenvalue weighted by molar-refractivity contribution is -0.122. The van der Waals surface area contributed by atoms with Crippen LogP contribution in [0.5, 0.6) is 5.75 Å². The van der Waals surface area contributed by atoms with Gasteiger partial charge in [0.1, 0.15) is 5.78 Å². The number of pyridine rings is 1. The summed E-state index contributed by atoms with van der Waals surface area (Å²) in [6.07, 6.45) is 10.6. The molecule has 1 aromatic rings. The summed E-state index contributed by atoms with van der Waals surface area (Å²) in [5, 5.41) is 0. The minimum Gasteiger partial charge on any atom is -0.489 e. The first kappa shape index (κ1) is 22.5. The van der Waals surface area contributed by atoms with Gasteiger partial charge in [-0.15, -0.1) is 0 Å². The molecule has 0 aromatic carbocycles. The average Bonchev–Trinajstić information content (AvgIpc) is 3.28. The highest BCUT2D eigenvalue weighted by Gasteiger charge is 2.27. The number of aromatic nitrogens is 1. The zero-order valence-corrected chi connectivity index (χ0v) is 19.4. The summed E-state index contributed by atoms with van der Waals surface area (Å²) < 4.78 is 11.1. The number of anilines is 1. The summed E-state index contributed by atoms with van der Waals surface area (Å²) in [5.41, 5.74) is 1.30. The zero-order chi connectivity index (χ0) is 21.6. The molecule has 1 atom stereocenters. The van der Waals surface area contributed by atoms with Crippen molar-refractivity contribution in [3.8, 4) is 5.75 Å². The third kappa shape index (κ3) is 5.98. The number of Topliss-reactive ketones (excluding diaryl/α,β-unsaturated/α-hetero) is 1. The maximum atomic E-state index is 12.2. The number of rotatable bonds is 9. The summed E-state index contributed by atoms with van der Waals surface area (Å²) in [6, 6.07) is 2.09. The van der Waals surface area contributed by atoms with Crippen LogP contribution in [0.25, 0.3) is 0 Å². The Kier molecular flexibility index (Phi) is 7.83. The Hall–Kier alpha value is -1.66. The number of ketones is 1. The van der Waals surface area contributed by atoms with Crippen molar-refractivity contribution < 1.29 is 14.3 Å². The molecule has 3 heterocycles. The van der Waals surface area contributed by atoms with E-state index in [9.17, 15) is 4.79 Å². The topological polar surface area (TPSA) is 54.9 Å². The highest BCUT2D eigenvalue weighted by Crippen LogP contribution is 2.35. The predicted octanol–water partition coefficient (Wildman–Crippen LogP) is 3.72. The van der Waals surface area contributed by atoms with Crippen LogP contribution >= 0.6 is 0 Å². The van der Waals surface area contributed by atoms with Crippen LogP contribution < -0.4 is 9.64 Å². The molecule has 2 fully saturated rings. The molecule has 1 saturated carbocycles. The molecule has 0 spiro atoms. The molecule has 4 rings (SSSR count). The first-order valence-electron chi connectivity index (χ1n) is 12.2. The molecule has 6 heteroatoms. The fourth-order valence-electron chi connectivity index (χ4n) is 5.40. The number of piperazine rings is 1. The van der Waals surface area contributed by atoms with Crippen molar-refractivity contribution in [2.75, 3.05) is 51.3 Å². The van der Waals surface area contributed by atoms with Gasteiger partial charge in [-0.25, -0.2) is 4.98 Å². The monoisotopic (exact) mass is 429 g/mol. The minimum absolute atomic E-state index is 0.0513. The summed E-state index contributed by atoms with van der Waals surface area (Å²) in [5.74, 6) is 3.86. The number of ether oxygens (including phenoxy) is 2. The van der Waals surface area contributed by atoms with Gasteiger partial charge in [0, 0.05) is 64.3 Å². The first-order valence-corrected chi connectivity index (χ1v) is 12.2. The fourth-order valence-corrected chi connectivity index (χ4v) is 5.40. The third-order valence-electron chi connectivity index (χ3n) is 7.51. The average molecular weight is 430 g/mol. The first-order chi connectivity index (χ1) is 15.1. The van der Waals surface area contributed by atoms with E-state index in [-0.39, 0.29) is 6.10 Å². The van der Waals surface area contributed by atoms with Crippen molar-refractivity contribution >= 4 is 11.6 Å². The molecule has 3 aliphatic rings. The van der Waals surface area contributed by atoms with Crippen LogP contribution in [0.3, 0.4) is 0 Å². The van der Waals surface area contributed by atoms with Crippen LogP contribution in [0, 0.1) is 11.8 Å². The van der Waals surface area contributed by atoms with Gasteiger partial charge in [-0.3, -0.25) is 9.69 Å². The maximum absolute atomic E-state index is 12.2. The molecule has 1 aromatic heterocycles. The second kappa shape index (κ2) is 10.8. The van der Waals surface area contributed by atoms with E-state index in [1.165, 1.54) is 44.2 Å². The Bertz CT molecular complexity index is 725. The Balaban J connectivity index is 1.14. The molecule has 31 heavy (non-hydrogen) atoms. The molecular formula is C25H39N3O3. The highest BCUT2D eigenvalue weighted by atomic mass is 16.5. The van der Waals surface area contributed by atoms with Gasteiger partial charge in [0.25, 0.3) is 0 Å². The fraction of sp³-hybridized carbons (Fsp3) is 0.760. The number of hydrogen-bond donors (Lipinski definition) is 0. The SMILES string of the molecule is COC(C)CC(=O)CC1CCC(CCN2CCN(c3nccc4c3OCC4)CC2)CC1. The number of methoxy groups -OCH3 is 1. The lowest BCUT2D eigenvalue weighted by atomic mass is 9.78. The van der Waals surface area contributed by atoms with Crippen molar-refractivity contribution in [2.24, 2.45) is 11.8 Å². The number of nitrogens with zero attached hydrogens (tertiary/aromatic N) is 3. The molecule has 0 bridgehead atoms. The Morgan fingerprint density at radius 1 is 1.19 bits per heavy atom. The standard InChI is InChI=1S/C25H39N3O3/c1-19(30-2)17-23(29)18-21-5-3-20(4-6-21)8-11-27-12-14-28(15-13-27)25-24-22(7-10-26-25)9-16-31-24/h7,10,19-21H,3-6,8-9,11-18H2,1-2H3. The number of carbonyl (C=O) groups excluding carboxylic acids is 1. The summed E-state index contributed by atoms with van der Waals surface area (Å²) in [4.78, 5) is 21.8. The van der Waals surface area contributed by atoms with E-state index in [2.05, 4.69) is 20.9 Å². The number of carbonyl (C=O) groups is 1. The van der Waals surface area contributed by atoms with Gasteiger partial charge in [-0.05, 0) is 50.6 Å². The molecule has 1 aliphatic carbocycles. The molecule has 1 unspecified atom stereocenters. The second-order valence-electron chi connectivity index (χ2n) is 9.72. The Morgan fingerprint density at radius 2 is 1.94 bits per heavy atom. The van der Waals surface area contributed by atoms with Crippen molar-refractivity contribution in [3.63, 3.8) is 0 Å². The van der Waals surface area contributed by atoms with Gasteiger partial charge in [0.05, 0.1) is 12.7 Å². The molecule has 0 radical (unpaired) electrons. The molecule has 0 amide bonds. The lowest BCUT2D eigenvalue weighted by Gasteiger charge is -2.37. The van der Waals surface area contributed by atoms with Gasteiger partial charge in [0.2, 0.25) is 0 Å². The molecule has 2 aliphatic heterocycles.